The van der Waals surface area contributed by atoms with Crippen LogP contribution in [0, 0.1) is 0 Å². The van der Waals surface area contributed by atoms with Gasteiger partial charge in [0, 0.05) is 19.8 Å². The van der Waals surface area contributed by atoms with Gasteiger partial charge in [0.1, 0.15) is 0 Å². The first kappa shape index (κ1) is 18.1. The first-order valence-electron chi connectivity index (χ1n) is 7.37. The van der Waals surface area contributed by atoms with E-state index in [2.05, 4.69) is 33.0 Å². The molecule has 0 spiro atoms. The zero-order valence-electron chi connectivity index (χ0n) is 12.6. The molecule has 0 aromatic rings. The number of nitrogens with one attached hydrogen (secondary N) is 1. The first-order valence-corrected chi connectivity index (χ1v) is 9.30. The normalized spacial score (nSPS) is 12.0. The Morgan fingerprint density at radius 2 is 1.17 bits per heavy atom. The summed E-state index contributed by atoms with van der Waals surface area (Å²) in [5.74, 6) is 0. The minimum Gasteiger partial charge on any atom is -0.373 e. The molecule has 0 aliphatic rings. The van der Waals surface area contributed by atoms with Crippen LogP contribution >= 0.6 is 0 Å². The summed E-state index contributed by atoms with van der Waals surface area (Å²) in [6, 6.07) is 0. The van der Waals surface area contributed by atoms with Crippen molar-refractivity contribution in [3.8, 4) is 0 Å². The largest absolute Gasteiger partial charge is 0.515 e. The zero-order chi connectivity index (χ0) is 13.7. The molecule has 0 fully saturated rings. The molecule has 0 aliphatic heterocycles. The van der Waals surface area contributed by atoms with E-state index >= 15 is 0 Å². The van der Waals surface area contributed by atoms with Gasteiger partial charge in [0.15, 0.2) is 0 Å². The summed E-state index contributed by atoms with van der Waals surface area (Å²) in [7, 11) is -2.51. The fourth-order valence-corrected chi connectivity index (χ4v) is 4.05. The molecule has 0 bridgehead atoms. The van der Waals surface area contributed by atoms with Gasteiger partial charge in [0.25, 0.3) is 0 Å². The molecular weight excluding hydrogens is 246 g/mol. The smallest absolute Gasteiger partial charge is 0.373 e. The summed E-state index contributed by atoms with van der Waals surface area (Å²) in [4.78, 5) is 0. The van der Waals surface area contributed by atoms with Crippen LogP contribution in [0.25, 0.3) is 0 Å². The summed E-state index contributed by atoms with van der Waals surface area (Å²) >= 11 is 0. The second kappa shape index (κ2) is 12.1. The van der Waals surface area contributed by atoms with E-state index in [1.807, 2.05) is 0 Å². The molecular formula is C13H31NO3Si. The molecule has 0 aliphatic carbocycles. The molecule has 0 saturated heterocycles. The second-order valence-corrected chi connectivity index (χ2v) is 6.99. The zero-order valence-corrected chi connectivity index (χ0v) is 13.6. The van der Waals surface area contributed by atoms with Crippen molar-refractivity contribution < 1.29 is 13.3 Å². The Hall–Kier alpha value is 0.0569. The summed E-state index contributed by atoms with van der Waals surface area (Å²) in [6.45, 7) is 11.6. The molecule has 5 heteroatoms. The van der Waals surface area contributed by atoms with Crippen molar-refractivity contribution >= 4 is 8.80 Å². The van der Waals surface area contributed by atoms with Crippen molar-refractivity contribution in [3.63, 3.8) is 0 Å². The van der Waals surface area contributed by atoms with E-state index < -0.39 is 8.80 Å². The molecule has 0 unspecified atom stereocenters. The molecule has 110 valence electrons. The lowest BCUT2D eigenvalue weighted by molar-refractivity contribution is 0.0582. The highest BCUT2D eigenvalue weighted by Crippen LogP contribution is 2.11. The monoisotopic (exact) mass is 277 g/mol. The number of hydrogen-bond acceptors (Lipinski definition) is 4. The van der Waals surface area contributed by atoms with Gasteiger partial charge in [-0.25, -0.2) is 0 Å². The summed E-state index contributed by atoms with van der Waals surface area (Å²) in [6.07, 6.45) is 4.81. The Balaban J connectivity index is 4.41. The van der Waals surface area contributed by atoms with Gasteiger partial charge in [0.2, 0.25) is 0 Å². The van der Waals surface area contributed by atoms with Crippen molar-refractivity contribution in [1.82, 2.24) is 5.32 Å². The van der Waals surface area contributed by atoms with Crippen molar-refractivity contribution in [2.75, 3.05) is 32.5 Å². The molecule has 0 saturated carbocycles. The van der Waals surface area contributed by atoms with Gasteiger partial charge in [-0.05, 0) is 32.2 Å². The molecule has 4 nitrogen and oxygen atoms in total. The predicted molar refractivity (Wildman–Crippen MR) is 77.6 cm³/mol. The third kappa shape index (κ3) is 8.21. The van der Waals surface area contributed by atoms with Gasteiger partial charge >= 0.3 is 8.80 Å². The number of rotatable bonds is 13. The maximum Gasteiger partial charge on any atom is 0.515 e. The van der Waals surface area contributed by atoms with E-state index in [0.29, 0.717) is 19.8 Å². The molecule has 0 aromatic heterocycles. The van der Waals surface area contributed by atoms with E-state index in [1.165, 1.54) is 0 Å². The molecule has 0 heterocycles. The summed E-state index contributed by atoms with van der Waals surface area (Å²) < 4.78 is 17.9. The lowest BCUT2D eigenvalue weighted by Gasteiger charge is -2.29. The summed E-state index contributed by atoms with van der Waals surface area (Å²) in [5.41, 5.74) is 0. The lowest BCUT2D eigenvalue weighted by atomic mass is 10.5. The minimum absolute atomic E-state index is 0.716. The van der Waals surface area contributed by atoms with Crippen LogP contribution in [0.4, 0.5) is 0 Å². The maximum atomic E-state index is 5.96. The maximum absolute atomic E-state index is 5.96. The Labute approximate surface area is 114 Å². The van der Waals surface area contributed by atoms with Crippen molar-refractivity contribution in [3.05, 3.63) is 0 Å². The van der Waals surface area contributed by atoms with Crippen LogP contribution in [0.1, 0.15) is 53.4 Å². The van der Waals surface area contributed by atoms with Gasteiger partial charge in [-0.2, -0.15) is 0 Å². The summed E-state index contributed by atoms with van der Waals surface area (Å²) in [5, 5.41) is 3.39. The van der Waals surface area contributed by atoms with Crippen molar-refractivity contribution in [2.45, 2.75) is 53.4 Å². The van der Waals surface area contributed by atoms with Crippen LogP contribution in [0.5, 0.6) is 0 Å². The highest BCUT2D eigenvalue weighted by Gasteiger charge is 2.40. The van der Waals surface area contributed by atoms with E-state index in [4.69, 9.17) is 13.3 Å². The molecule has 0 amide bonds. The van der Waals surface area contributed by atoms with Crippen LogP contribution in [0.15, 0.2) is 0 Å². The Kier molecular flexibility index (Phi) is 12.1. The Morgan fingerprint density at radius 1 is 0.722 bits per heavy atom. The van der Waals surface area contributed by atoms with Gasteiger partial charge in [-0.1, -0.05) is 27.7 Å². The Bertz CT molecular complexity index is 160. The van der Waals surface area contributed by atoms with Crippen LogP contribution in [0.3, 0.4) is 0 Å². The SMILES string of the molecule is CCCNC[Si](OCCC)(OCCC)OCCC. The quantitative estimate of drug-likeness (QED) is 0.415. The topological polar surface area (TPSA) is 39.7 Å². The number of hydrogen-bond donors (Lipinski definition) is 1. The van der Waals surface area contributed by atoms with Crippen LogP contribution in [-0.4, -0.2) is 41.3 Å². The highest BCUT2D eigenvalue weighted by molar-refractivity contribution is 6.60. The average molecular weight is 277 g/mol. The van der Waals surface area contributed by atoms with Gasteiger partial charge in [-0.3, -0.25) is 0 Å². The lowest BCUT2D eigenvalue weighted by Crippen LogP contribution is -2.55. The molecule has 1 N–H and O–H groups in total. The molecule has 0 aromatic carbocycles. The van der Waals surface area contributed by atoms with Crippen LogP contribution in [0.2, 0.25) is 0 Å². The second-order valence-electron chi connectivity index (χ2n) is 4.41. The van der Waals surface area contributed by atoms with E-state index in [0.717, 1.165) is 38.4 Å². The fraction of sp³-hybridized carbons (Fsp3) is 1.00. The van der Waals surface area contributed by atoms with Crippen LogP contribution in [-0.2, 0) is 13.3 Å². The van der Waals surface area contributed by atoms with E-state index in [-0.39, 0.29) is 0 Å². The third-order valence-corrected chi connectivity index (χ3v) is 4.96. The van der Waals surface area contributed by atoms with Gasteiger partial charge in [0.05, 0.1) is 6.17 Å². The standard InChI is InChI=1S/C13H31NO3Si/c1-5-9-14-13-18(15-10-6-2,16-11-7-3)17-12-8-4/h14H,5-13H2,1-4H3. The van der Waals surface area contributed by atoms with Gasteiger partial charge < -0.3 is 18.6 Å². The van der Waals surface area contributed by atoms with Crippen molar-refractivity contribution in [2.24, 2.45) is 0 Å². The predicted octanol–water partition coefficient (Wildman–Crippen LogP) is 2.74. The van der Waals surface area contributed by atoms with Crippen LogP contribution < -0.4 is 5.32 Å². The molecule has 18 heavy (non-hydrogen) atoms. The minimum atomic E-state index is -2.51. The fourth-order valence-electron chi connectivity index (χ4n) is 1.47. The average Bonchev–Trinajstić information content (AvgIpc) is 2.40. The van der Waals surface area contributed by atoms with Crippen molar-refractivity contribution in [1.29, 1.82) is 0 Å². The van der Waals surface area contributed by atoms with E-state index in [1.54, 1.807) is 0 Å². The first-order chi connectivity index (χ1) is 8.74. The molecule has 0 rings (SSSR count). The Morgan fingerprint density at radius 3 is 1.50 bits per heavy atom. The molecule has 0 atom stereocenters. The van der Waals surface area contributed by atoms with E-state index in [9.17, 15) is 0 Å². The highest BCUT2D eigenvalue weighted by atomic mass is 28.4. The van der Waals surface area contributed by atoms with Gasteiger partial charge in [-0.15, -0.1) is 0 Å². The molecule has 0 radical (unpaired) electrons. The third-order valence-electron chi connectivity index (χ3n) is 2.35.